The molecule has 8 heteroatoms. The number of aromatic nitrogens is 4. The molecule has 3 heterocycles. The lowest BCUT2D eigenvalue weighted by Crippen LogP contribution is -2.33. The zero-order valence-corrected chi connectivity index (χ0v) is 15.5. The average Bonchev–Trinajstić information content (AvgIpc) is 3.34. The van der Waals surface area contributed by atoms with Gasteiger partial charge >= 0.3 is 0 Å². The largest absolute Gasteiger partial charge is 0.340 e. The quantitative estimate of drug-likeness (QED) is 0.533. The SMILES string of the molecule is CN(Cc1cnn(-c2ccccc2)c1)C(=O)Cn1cnc2ccsc2c1=O. The molecule has 0 radical (unpaired) electrons. The summed E-state index contributed by atoms with van der Waals surface area (Å²) in [6.45, 7) is 0.373. The topological polar surface area (TPSA) is 73.0 Å². The van der Waals surface area contributed by atoms with Gasteiger partial charge < -0.3 is 4.90 Å². The van der Waals surface area contributed by atoms with Crippen LogP contribution in [0.4, 0.5) is 0 Å². The van der Waals surface area contributed by atoms with Crippen molar-refractivity contribution in [2.75, 3.05) is 7.05 Å². The molecule has 0 aliphatic heterocycles. The van der Waals surface area contributed by atoms with Crippen molar-refractivity contribution in [2.24, 2.45) is 0 Å². The highest BCUT2D eigenvalue weighted by Gasteiger charge is 2.14. The molecular weight excluding hydrogens is 362 g/mol. The van der Waals surface area contributed by atoms with Crippen LogP contribution in [0.5, 0.6) is 0 Å². The number of amides is 1. The van der Waals surface area contributed by atoms with Gasteiger partial charge in [-0.1, -0.05) is 18.2 Å². The molecule has 0 aliphatic rings. The maximum Gasteiger partial charge on any atom is 0.271 e. The van der Waals surface area contributed by atoms with Gasteiger partial charge in [0.15, 0.2) is 0 Å². The number of hydrogen-bond acceptors (Lipinski definition) is 5. The van der Waals surface area contributed by atoms with Crippen molar-refractivity contribution in [1.82, 2.24) is 24.2 Å². The van der Waals surface area contributed by atoms with Gasteiger partial charge in [-0.25, -0.2) is 9.67 Å². The predicted octanol–water partition coefficient (Wildman–Crippen LogP) is 2.30. The minimum Gasteiger partial charge on any atom is -0.340 e. The van der Waals surface area contributed by atoms with E-state index >= 15 is 0 Å². The zero-order valence-electron chi connectivity index (χ0n) is 14.6. The number of rotatable bonds is 5. The van der Waals surface area contributed by atoms with Crippen molar-refractivity contribution in [3.63, 3.8) is 0 Å². The number of nitrogens with zero attached hydrogens (tertiary/aromatic N) is 5. The van der Waals surface area contributed by atoms with Crippen LogP contribution >= 0.6 is 11.3 Å². The molecule has 0 bridgehead atoms. The first-order valence-corrected chi connectivity index (χ1v) is 9.25. The van der Waals surface area contributed by atoms with Crippen LogP contribution in [0.15, 0.2) is 65.3 Å². The Labute approximate surface area is 159 Å². The molecule has 0 aliphatic carbocycles. The first-order chi connectivity index (χ1) is 13.1. The van der Waals surface area contributed by atoms with Crippen molar-refractivity contribution < 1.29 is 4.79 Å². The molecule has 1 amide bonds. The molecule has 0 saturated heterocycles. The Bertz CT molecular complexity index is 1150. The van der Waals surface area contributed by atoms with E-state index in [9.17, 15) is 9.59 Å². The van der Waals surface area contributed by atoms with Crippen molar-refractivity contribution in [1.29, 1.82) is 0 Å². The second kappa shape index (κ2) is 7.16. The smallest absolute Gasteiger partial charge is 0.271 e. The van der Waals surface area contributed by atoms with Gasteiger partial charge in [0.2, 0.25) is 5.91 Å². The highest BCUT2D eigenvalue weighted by Crippen LogP contribution is 2.13. The molecule has 0 unspecified atom stereocenters. The Morgan fingerprint density at radius 1 is 1.22 bits per heavy atom. The fraction of sp³-hybridized carbons (Fsp3) is 0.158. The van der Waals surface area contributed by atoms with Crippen molar-refractivity contribution >= 4 is 27.5 Å². The van der Waals surface area contributed by atoms with Crippen LogP contribution in [0.25, 0.3) is 15.9 Å². The molecule has 27 heavy (non-hydrogen) atoms. The van der Waals surface area contributed by atoms with Crippen LogP contribution in [0.2, 0.25) is 0 Å². The Balaban J connectivity index is 1.45. The van der Waals surface area contributed by atoms with Crippen LogP contribution < -0.4 is 5.56 Å². The van der Waals surface area contributed by atoms with E-state index in [1.807, 2.05) is 41.9 Å². The Kier molecular flexibility index (Phi) is 4.55. The monoisotopic (exact) mass is 379 g/mol. The summed E-state index contributed by atoms with van der Waals surface area (Å²) in [5.41, 5.74) is 2.34. The van der Waals surface area contributed by atoms with Gasteiger partial charge in [0.25, 0.3) is 5.56 Å². The zero-order chi connectivity index (χ0) is 18.8. The lowest BCUT2D eigenvalue weighted by atomic mass is 10.3. The van der Waals surface area contributed by atoms with E-state index in [-0.39, 0.29) is 18.0 Å². The predicted molar refractivity (Wildman–Crippen MR) is 104 cm³/mol. The van der Waals surface area contributed by atoms with Gasteiger partial charge in [-0.15, -0.1) is 11.3 Å². The summed E-state index contributed by atoms with van der Waals surface area (Å²) in [7, 11) is 1.71. The van der Waals surface area contributed by atoms with E-state index in [1.165, 1.54) is 22.2 Å². The normalized spacial score (nSPS) is 11.0. The van der Waals surface area contributed by atoms with Crippen LogP contribution in [0.1, 0.15) is 5.56 Å². The molecule has 0 atom stereocenters. The highest BCUT2D eigenvalue weighted by molar-refractivity contribution is 7.17. The lowest BCUT2D eigenvalue weighted by Gasteiger charge is -2.16. The Hall–Kier alpha value is -3.26. The number of para-hydroxylation sites is 1. The third kappa shape index (κ3) is 3.52. The van der Waals surface area contributed by atoms with Gasteiger partial charge in [0.05, 0.1) is 23.7 Å². The molecule has 1 aromatic carbocycles. The molecule has 7 nitrogen and oxygen atoms in total. The molecule has 136 valence electrons. The van der Waals surface area contributed by atoms with Crippen LogP contribution in [-0.4, -0.2) is 37.2 Å². The third-order valence-electron chi connectivity index (χ3n) is 4.24. The van der Waals surface area contributed by atoms with E-state index in [2.05, 4.69) is 10.1 Å². The summed E-state index contributed by atoms with van der Waals surface area (Å²) in [4.78, 5) is 30.8. The van der Waals surface area contributed by atoms with E-state index in [0.29, 0.717) is 16.8 Å². The number of carbonyl (C=O) groups is 1. The summed E-state index contributed by atoms with van der Waals surface area (Å²) in [5.74, 6) is -0.165. The van der Waals surface area contributed by atoms with Gasteiger partial charge in [-0.3, -0.25) is 14.2 Å². The van der Waals surface area contributed by atoms with Gasteiger partial charge in [0, 0.05) is 25.4 Å². The number of thiophene rings is 1. The minimum atomic E-state index is -0.186. The van der Waals surface area contributed by atoms with Gasteiger partial charge in [-0.05, 0) is 23.6 Å². The summed E-state index contributed by atoms with van der Waals surface area (Å²) in [6, 6.07) is 11.6. The number of fused-ring (bicyclic) bond motifs is 1. The number of benzene rings is 1. The molecule has 3 aromatic heterocycles. The number of likely N-dealkylation sites (N-methyl/N-ethyl adjacent to an activating group) is 1. The number of carbonyl (C=O) groups excluding carboxylic acids is 1. The van der Waals surface area contributed by atoms with Crippen LogP contribution in [0.3, 0.4) is 0 Å². The molecule has 0 saturated carbocycles. The summed E-state index contributed by atoms with van der Waals surface area (Å²) in [6.07, 6.45) is 5.06. The summed E-state index contributed by atoms with van der Waals surface area (Å²) in [5, 5.41) is 6.16. The molecule has 4 rings (SSSR count). The third-order valence-corrected chi connectivity index (χ3v) is 5.14. The van der Waals surface area contributed by atoms with Gasteiger partial charge in [0.1, 0.15) is 11.2 Å². The van der Waals surface area contributed by atoms with Crippen LogP contribution in [-0.2, 0) is 17.9 Å². The summed E-state index contributed by atoms with van der Waals surface area (Å²) >= 11 is 1.34. The molecular formula is C19H17N5O2S. The molecule has 0 N–H and O–H groups in total. The number of hydrogen-bond donors (Lipinski definition) is 0. The lowest BCUT2D eigenvalue weighted by molar-refractivity contribution is -0.131. The standard InChI is InChI=1S/C19H17N5O2S/c1-22(10-14-9-21-24(11-14)15-5-3-2-4-6-15)17(25)12-23-13-20-16-7-8-27-18(16)19(23)26/h2-9,11,13H,10,12H2,1H3. The van der Waals surface area contributed by atoms with E-state index in [4.69, 9.17) is 0 Å². The molecule has 0 fully saturated rings. The first kappa shape index (κ1) is 17.2. The maximum absolute atomic E-state index is 12.5. The first-order valence-electron chi connectivity index (χ1n) is 8.37. The van der Waals surface area contributed by atoms with Gasteiger partial charge in [-0.2, -0.15) is 5.10 Å². The maximum atomic E-state index is 12.5. The van der Waals surface area contributed by atoms with Crippen molar-refractivity contribution in [3.05, 3.63) is 76.4 Å². The fourth-order valence-electron chi connectivity index (χ4n) is 2.78. The molecule has 4 aromatic rings. The van der Waals surface area contributed by atoms with E-state index < -0.39 is 0 Å². The second-order valence-corrected chi connectivity index (χ2v) is 7.11. The van der Waals surface area contributed by atoms with Crippen LogP contribution in [0, 0.1) is 0 Å². The fourth-order valence-corrected chi connectivity index (χ4v) is 3.58. The minimum absolute atomic E-state index is 0.0387. The summed E-state index contributed by atoms with van der Waals surface area (Å²) < 4.78 is 3.69. The van der Waals surface area contributed by atoms with Crippen molar-refractivity contribution in [3.8, 4) is 5.69 Å². The second-order valence-electron chi connectivity index (χ2n) is 6.19. The highest BCUT2D eigenvalue weighted by atomic mass is 32.1. The Morgan fingerprint density at radius 3 is 2.85 bits per heavy atom. The van der Waals surface area contributed by atoms with Crippen molar-refractivity contribution in [2.45, 2.75) is 13.1 Å². The Morgan fingerprint density at radius 2 is 2.04 bits per heavy atom. The average molecular weight is 379 g/mol. The molecule has 0 spiro atoms. The van der Waals surface area contributed by atoms with E-state index in [0.717, 1.165) is 11.3 Å². The van der Waals surface area contributed by atoms with E-state index in [1.54, 1.807) is 28.9 Å².